The zero-order chi connectivity index (χ0) is 18.4. The van der Waals surface area contributed by atoms with Gasteiger partial charge in [0.05, 0.1) is 16.7 Å². The first-order chi connectivity index (χ1) is 13.2. The molecule has 0 aliphatic heterocycles. The summed E-state index contributed by atoms with van der Waals surface area (Å²) < 4.78 is 2.28. The Labute approximate surface area is 158 Å². The molecule has 0 amide bonds. The number of nitrogens with zero attached hydrogens (tertiary/aromatic N) is 2. The molecule has 2 heteroatoms. The zero-order valence-electron chi connectivity index (χ0n) is 15.5. The normalized spacial score (nSPS) is 11.3. The quantitative estimate of drug-likeness (QED) is 0.359. The fraction of sp³-hybridized carbons (Fsp3) is 0.0800. The number of fused-ring (bicyclic) bond motifs is 3. The smallest absolute Gasteiger partial charge is 0.139 e. The molecule has 0 spiro atoms. The monoisotopic (exact) mass is 348 g/mol. The Kier molecular flexibility index (Phi) is 3.58. The number of hydrogen-bond acceptors (Lipinski definition) is 1. The molecule has 2 nitrogen and oxygen atoms in total. The molecule has 0 bridgehead atoms. The van der Waals surface area contributed by atoms with Crippen molar-refractivity contribution >= 4 is 16.7 Å². The highest BCUT2D eigenvalue weighted by molar-refractivity contribution is 5.87. The van der Waals surface area contributed by atoms with E-state index in [1.807, 2.05) is 0 Å². The largest absolute Gasteiger partial charge is 0.292 e. The fourth-order valence-electron chi connectivity index (χ4n) is 3.71. The van der Waals surface area contributed by atoms with Crippen LogP contribution in [0.2, 0.25) is 0 Å². The van der Waals surface area contributed by atoms with E-state index in [1.165, 1.54) is 27.8 Å². The average Bonchev–Trinajstić information content (AvgIpc) is 3.06. The first kappa shape index (κ1) is 15.8. The van der Waals surface area contributed by atoms with Crippen LogP contribution in [0.3, 0.4) is 0 Å². The molecule has 0 fully saturated rings. The third-order valence-corrected chi connectivity index (χ3v) is 5.29. The Hall–Kier alpha value is -3.39. The molecule has 0 aliphatic rings. The highest BCUT2D eigenvalue weighted by Crippen LogP contribution is 2.32. The summed E-state index contributed by atoms with van der Waals surface area (Å²) in [6, 6.07) is 30.0. The number of imidazole rings is 1. The SMILES string of the molecule is Cc1cc2nc3cc(-c4ccccc4)cc(-c4ccccc4)n3c2cc1C. The van der Waals surface area contributed by atoms with Crippen molar-refractivity contribution in [3.05, 3.63) is 96.1 Å². The zero-order valence-corrected chi connectivity index (χ0v) is 15.5. The van der Waals surface area contributed by atoms with Gasteiger partial charge in [0.1, 0.15) is 5.65 Å². The predicted molar refractivity (Wildman–Crippen MR) is 113 cm³/mol. The minimum Gasteiger partial charge on any atom is -0.292 e. The molecule has 0 saturated heterocycles. The second-order valence-electron chi connectivity index (χ2n) is 7.09. The van der Waals surface area contributed by atoms with Crippen molar-refractivity contribution < 1.29 is 0 Å². The Morgan fingerprint density at radius 3 is 1.96 bits per heavy atom. The van der Waals surface area contributed by atoms with Gasteiger partial charge >= 0.3 is 0 Å². The maximum Gasteiger partial charge on any atom is 0.139 e. The summed E-state index contributed by atoms with van der Waals surface area (Å²) in [6.07, 6.45) is 0. The van der Waals surface area contributed by atoms with E-state index in [0.29, 0.717) is 0 Å². The van der Waals surface area contributed by atoms with Crippen LogP contribution in [0.4, 0.5) is 0 Å². The molecule has 0 atom stereocenters. The van der Waals surface area contributed by atoms with E-state index in [4.69, 9.17) is 4.98 Å². The molecule has 130 valence electrons. The molecule has 5 aromatic rings. The molecule has 0 aliphatic carbocycles. The van der Waals surface area contributed by atoms with Crippen molar-refractivity contribution in [1.82, 2.24) is 9.38 Å². The van der Waals surface area contributed by atoms with Gasteiger partial charge < -0.3 is 0 Å². The lowest BCUT2D eigenvalue weighted by atomic mass is 10.0. The van der Waals surface area contributed by atoms with Gasteiger partial charge in [0.15, 0.2) is 0 Å². The Morgan fingerprint density at radius 2 is 1.26 bits per heavy atom. The summed E-state index contributed by atoms with van der Waals surface area (Å²) in [5.41, 5.74) is 10.5. The molecule has 5 rings (SSSR count). The van der Waals surface area contributed by atoms with Gasteiger partial charge in [-0.3, -0.25) is 4.40 Å². The van der Waals surface area contributed by atoms with Gasteiger partial charge in [0.25, 0.3) is 0 Å². The van der Waals surface area contributed by atoms with Crippen molar-refractivity contribution in [2.45, 2.75) is 13.8 Å². The summed E-state index contributed by atoms with van der Waals surface area (Å²) in [6.45, 7) is 4.31. The van der Waals surface area contributed by atoms with E-state index in [0.717, 1.165) is 22.4 Å². The fourth-order valence-corrected chi connectivity index (χ4v) is 3.71. The number of aromatic nitrogens is 2. The molecular formula is C25H20N2. The summed E-state index contributed by atoms with van der Waals surface area (Å²) in [4.78, 5) is 4.95. The molecule has 0 saturated carbocycles. The highest BCUT2D eigenvalue weighted by Gasteiger charge is 2.13. The van der Waals surface area contributed by atoms with Crippen LogP contribution in [0, 0.1) is 13.8 Å². The van der Waals surface area contributed by atoms with E-state index >= 15 is 0 Å². The topological polar surface area (TPSA) is 17.3 Å². The highest BCUT2D eigenvalue weighted by atomic mass is 15.0. The third kappa shape index (κ3) is 2.61. The van der Waals surface area contributed by atoms with Crippen LogP contribution < -0.4 is 0 Å². The second-order valence-corrected chi connectivity index (χ2v) is 7.09. The van der Waals surface area contributed by atoms with Crippen molar-refractivity contribution in [3.63, 3.8) is 0 Å². The summed E-state index contributed by atoms with van der Waals surface area (Å²) >= 11 is 0. The number of pyridine rings is 1. The van der Waals surface area contributed by atoms with Gasteiger partial charge in [0.2, 0.25) is 0 Å². The van der Waals surface area contributed by atoms with Gasteiger partial charge in [-0.1, -0.05) is 60.7 Å². The number of hydrogen-bond donors (Lipinski definition) is 0. The van der Waals surface area contributed by atoms with Crippen molar-refractivity contribution in [2.24, 2.45) is 0 Å². The predicted octanol–water partition coefficient (Wildman–Crippen LogP) is 6.44. The van der Waals surface area contributed by atoms with Gasteiger partial charge in [0, 0.05) is 0 Å². The van der Waals surface area contributed by atoms with E-state index < -0.39 is 0 Å². The van der Waals surface area contributed by atoms with Crippen molar-refractivity contribution in [3.8, 4) is 22.4 Å². The van der Waals surface area contributed by atoms with E-state index in [9.17, 15) is 0 Å². The summed E-state index contributed by atoms with van der Waals surface area (Å²) in [7, 11) is 0. The van der Waals surface area contributed by atoms with Gasteiger partial charge in [-0.15, -0.1) is 0 Å². The van der Waals surface area contributed by atoms with Crippen LogP contribution >= 0.6 is 0 Å². The standard InChI is InChI=1S/C25H20N2/c1-17-13-22-24(14-18(17)2)27-23(20-11-7-4-8-12-20)15-21(16-25(27)26-22)19-9-5-3-6-10-19/h3-16H,1-2H3. The lowest BCUT2D eigenvalue weighted by Crippen LogP contribution is -1.94. The van der Waals surface area contributed by atoms with Crippen molar-refractivity contribution in [2.75, 3.05) is 0 Å². The molecule has 2 aromatic heterocycles. The minimum absolute atomic E-state index is 0.982. The molecular weight excluding hydrogens is 328 g/mol. The summed E-state index contributed by atoms with van der Waals surface area (Å²) in [5.74, 6) is 0. The number of aryl methyl sites for hydroxylation is 2. The maximum atomic E-state index is 4.95. The van der Waals surface area contributed by atoms with Crippen LogP contribution in [0.1, 0.15) is 11.1 Å². The van der Waals surface area contributed by atoms with E-state index in [-0.39, 0.29) is 0 Å². The lowest BCUT2D eigenvalue weighted by Gasteiger charge is -2.11. The first-order valence-corrected chi connectivity index (χ1v) is 9.25. The first-order valence-electron chi connectivity index (χ1n) is 9.25. The van der Waals surface area contributed by atoms with Crippen LogP contribution in [-0.4, -0.2) is 9.38 Å². The van der Waals surface area contributed by atoms with Crippen LogP contribution in [-0.2, 0) is 0 Å². The average molecular weight is 348 g/mol. The molecule has 0 N–H and O–H groups in total. The molecule has 3 aromatic carbocycles. The Balaban J connectivity index is 1.91. The third-order valence-electron chi connectivity index (χ3n) is 5.29. The van der Waals surface area contributed by atoms with Gasteiger partial charge in [-0.2, -0.15) is 0 Å². The molecule has 0 unspecified atom stereocenters. The molecule has 0 radical (unpaired) electrons. The summed E-state index contributed by atoms with van der Waals surface area (Å²) in [5, 5.41) is 0. The Bertz CT molecular complexity index is 1270. The molecule has 2 heterocycles. The second kappa shape index (κ2) is 6.10. The van der Waals surface area contributed by atoms with Crippen LogP contribution in [0.5, 0.6) is 0 Å². The number of rotatable bonds is 2. The lowest BCUT2D eigenvalue weighted by molar-refractivity contribution is 1.23. The van der Waals surface area contributed by atoms with Crippen molar-refractivity contribution in [1.29, 1.82) is 0 Å². The maximum absolute atomic E-state index is 4.95. The Morgan fingerprint density at radius 1 is 0.630 bits per heavy atom. The van der Waals surface area contributed by atoms with Crippen LogP contribution in [0.15, 0.2) is 84.9 Å². The minimum atomic E-state index is 0.982. The van der Waals surface area contributed by atoms with Gasteiger partial charge in [-0.25, -0.2) is 4.98 Å². The van der Waals surface area contributed by atoms with E-state index in [2.05, 4.69) is 103 Å². The van der Waals surface area contributed by atoms with Crippen LogP contribution in [0.25, 0.3) is 39.1 Å². The van der Waals surface area contributed by atoms with Gasteiger partial charge in [-0.05, 0) is 65.9 Å². The van der Waals surface area contributed by atoms with E-state index in [1.54, 1.807) is 0 Å². The molecule has 27 heavy (non-hydrogen) atoms. The number of benzene rings is 3.